The molecule has 1 aliphatic heterocycles. The first-order valence-electron chi connectivity index (χ1n) is 11.0. The van der Waals surface area contributed by atoms with Gasteiger partial charge in [-0.2, -0.15) is 0 Å². The average molecular weight is 467 g/mol. The van der Waals surface area contributed by atoms with E-state index in [0.717, 1.165) is 36.0 Å². The van der Waals surface area contributed by atoms with E-state index in [2.05, 4.69) is 15.3 Å². The molecular weight excluding hydrogens is 440 g/mol. The molecule has 0 radical (unpaired) electrons. The van der Waals surface area contributed by atoms with Crippen LogP contribution in [-0.4, -0.2) is 45.0 Å². The number of aliphatic hydroxyl groups excluding tert-OH is 1. The van der Waals surface area contributed by atoms with Crippen molar-refractivity contribution < 1.29 is 9.90 Å². The van der Waals surface area contributed by atoms with Crippen LogP contribution in [0.3, 0.4) is 0 Å². The van der Waals surface area contributed by atoms with E-state index >= 15 is 0 Å². The van der Waals surface area contributed by atoms with Crippen molar-refractivity contribution in [2.75, 3.05) is 7.05 Å². The summed E-state index contributed by atoms with van der Waals surface area (Å²) in [5, 5.41) is 14.6. The molecule has 8 heteroatoms. The number of nitrogens with one attached hydrogen (secondary N) is 2. The molecule has 33 heavy (non-hydrogen) atoms. The molecule has 2 aromatic heterocycles. The predicted octanol–water partition coefficient (Wildman–Crippen LogP) is 3.09. The number of nitrogens with zero attached hydrogens (tertiary/aromatic N) is 2. The molecule has 0 aliphatic carbocycles. The van der Waals surface area contributed by atoms with Crippen molar-refractivity contribution in [1.29, 1.82) is 0 Å². The quantitative estimate of drug-likeness (QED) is 0.465. The summed E-state index contributed by atoms with van der Waals surface area (Å²) in [6.45, 7) is 0.413. The van der Waals surface area contributed by atoms with Gasteiger partial charge in [-0.1, -0.05) is 35.9 Å². The van der Waals surface area contributed by atoms with Crippen LogP contribution in [0.5, 0.6) is 0 Å². The highest BCUT2D eigenvalue weighted by atomic mass is 35.5. The van der Waals surface area contributed by atoms with Gasteiger partial charge in [-0.05, 0) is 48.6 Å². The fraction of sp³-hybridized carbons (Fsp3) is 0.320. The number of hydrogen-bond acceptors (Lipinski definition) is 5. The number of pyridine rings is 2. The van der Waals surface area contributed by atoms with Crippen molar-refractivity contribution in [2.24, 2.45) is 0 Å². The van der Waals surface area contributed by atoms with Gasteiger partial charge in [-0.3, -0.25) is 9.59 Å². The van der Waals surface area contributed by atoms with E-state index in [4.69, 9.17) is 11.6 Å². The number of H-pyrrole nitrogens is 1. The molecule has 7 nitrogen and oxygen atoms in total. The number of rotatable bonds is 7. The number of aromatic amines is 1. The molecule has 1 unspecified atom stereocenters. The summed E-state index contributed by atoms with van der Waals surface area (Å²) in [4.78, 5) is 32.2. The van der Waals surface area contributed by atoms with E-state index < -0.39 is 6.10 Å². The number of halogens is 1. The molecule has 3 atom stereocenters. The third-order valence-electron chi connectivity index (χ3n) is 6.05. The SMILES string of the molecule is CN(Cc1ccc(=O)[nH]c1)C(=O)c1ccc(C[C@@H]2CC[C@H](C(O)c3ccc(Cl)nc3)N2)cc1. The van der Waals surface area contributed by atoms with Crippen LogP contribution >= 0.6 is 11.6 Å². The lowest BCUT2D eigenvalue weighted by atomic mass is 10.0. The number of hydrogen-bond donors (Lipinski definition) is 3. The van der Waals surface area contributed by atoms with Crippen LogP contribution in [-0.2, 0) is 13.0 Å². The maximum Gasteiger partial charge on any atom is 0.253 e. The van der Waals surface area contributed by atoms with Crippen LogP contribution in [0.15, 0.2) is 65.7 Å². The van der Waals surface area contributed by atoms with Crippen molar-refractivity contribution in [3.63, 3.8) is 0 Å². The van der Waals surface area contributed by atoms with Gasteiger partial charge >= 0.3 is 0 Å². The fourth-order valence-corrected chi connectivity index (χ4v) is 4.34. The molecule has 0 spiro atoms. The average Bonchev–Trinajstić information content (AvgIpc) is 3.29. The number of carbonyl (C=O) groups excluding carboxylic acids is 1. The maximum absolute atomic E-state index is 12.7. The summed E-state index contributed by atoms with van der Waals surface area (Å²) >= 11 is 5.84. The Labute approximate surface area is 197 Å². The van der Waals surface area contributed by atoms with Crippen LogP contribution in [0.4, 0.5) is 0 Å². The Bertz CT molecular complexity index is 1130. The Balaban J connectivity index is 1.31. The van der Waals surface area contributed by atoms with Crippen molar-refractivity contribution in [1.82, 2.24) is 20.2 Å². The molecule has 4 rings (SSSR count). The standard InChI is InChI=1S/C25H27ClN4O3/c1-30(15-17-4-11-23(31)28-13-17)25(33)18-5-2-16(3-6-18)12-20-8-9-21(29-20)24(32)19-7-10-22(26)27-14-19/h2-7,10-11,13-14,20-21,24,29,32H,8-9,12,15H2,1H3,(H,28,31)/t20-,21+,24?/m0/s1. The van der Waals surface area contributed by atoms with Crippen molar-refractivity contribution >= 4 is 17.5 Å². The minimum atomic E-state index is -0.627. The molecule has 3 aromatic rings. The molecule has 0 saturated carbocycles. The first-order chi connectivity index (χ1) is 15.9. The number of carbonyl (C=O) groups is 1. The van der Waals surface area contributed by atoms with Crippen LogP contribution in [0.1, 0.15) is 46.0 Å². The van der Waals surface area contributed by atoms with Crippen LogP contribution < -0.4 is 10.9 Å². The largest absolute Gasteiger partial charge is 0.387 e. The van der Waals surface area contributed by atoms with Gasteiger partial charge in [-0.25, -0.2) is 4.98 Å². The molecule has 1 saturated heterocycles. The molecule has 172 valence electrons. The second-order valence-electron chi connectivity index (χ2n) is 8.53. The first-order valence-corrected chi connectivity index (χ1v) is 11.3. The van der Waals surface area contributed by atoms with Crippen molar-refractivity contribution in [3.05, 3.63) is 98.7 Å². The topological polar surface area (TPSA) is 98.3 Å². The Morgan fingerprint density at radius 3 is 2.58 bits per heavy atom. The van der Waals surface area contributed by atoms with Crippen LogP contribution in [0, 0.1) is 0 Å². The normalized spacial score (nSPS) is 18.8. The summed E-state index contributed by atoms with van der Waals surface area (Å²) in [5.41, 5.74) is 3.21. The Morgan fingerprint density at radius 2 is 1.91 bits per heavy atom. The summed E-state index contributed by atoms with van der Waals surface area (Å²) < 4.78 is 0. The number of aliphatic hydroxyl groups is 1. The highest BCUT2D eigenvalue weighted by molar-refractivity contribution is 6.29. The monoisotopic (exact) mass is 466 g/mol. The molecule has 3 heterocycles. The van der Waals surface area contributed by atoms with E-state index in [1.807, 2.05) is 24.3 Å². The van der Waals surface area contributed by atoms with E-state index in [9.17, 15) is 14.7 Å². The zero-order valence-electron chi connectivity index (χ0n) is 18.4. The summed E-state index contributed by atoms with van der Waals surface area (Å²) in [6.07, 6.45) is 5.27. The summed E-state index contributed by atoms with van der Waals surface area (Å²) in [6, 6.07) is 14.6. The van der Waals surface area contributed by atoms with Gasteiger partial charge in [0.15, 0.2) is 0 Å². The molecule has 1 amide bonds. The van der Waals surface area contributed by atoms with Crippen molar-refractivity contribution in [3.8, 4) is 0 Å². The highest BCUT2D eigenvalue weighted by Gasteiger charge is 2.30. The third-order valence-corrected chi connectivity index (χ3v) is 6.27. The Morgan fingerprint density at radius 1 is 1.15 bits per heavy atom. The predicted molar refractivity (Wildman–Crippen MR) is 127 cm³/mol. The lowest BCUT2D eigenvalue weighted by molar-refractivity contribution is 0.0785. The molecule has 3 N–H and O–H groups in total. The number of aromatic nitrogens is 2. The third kappa shape index (κ3) is 5.87. The zero-order valence-corrected chi connectivity index (χ0v) is 19.1. The van der Waals surface area contributed by atoms with E-state index in [-0.39, 0.29) is 23.6 Å². The fourth-order valence-electron chi connectivity index (χ4n) is 4.23. The van der Waals surface area contributed by atoms with Crippen LogP contribution in [0.2, 0.25) is 5.15 Å². The van der Waals surface area contributed by atoms with Gasteiger partial charge in [0.25, 0.3) is 5.91 Å². The zero-order chi connectivity index (χ0) is 23.4. The van der Waals surface area contributed by atoms with Gasteiger partial charge in [0.05, 0.1) is 6.10 Å². The minimum absolute atomic E-state index is 0.0274. The molecule has 1 aromatic carbocycles. The lowest BCUT2D eigenvalue weighted by Gasteiger charge is -2.20. The van der Waals surface area contributed by atoms with Gasteiger partial charge in [0.1, 0.15) is 5.15 Å². The second-order valence-corrected chi connectivity index (χ2v) is 8.92. The molecule has 0 bridgehead atoms. The van der Waals surface area contributed by atoms with Gasteiger partial charge in [-0.15, -0.1) is 0 Å². The number of amides is 1. The summed E-state index contributed by atoms with van der Waals surface area (Å²) in [5.74, 6) is -0.0773. The van der Waals surface area contributed by atoms with E-state index in [1.165, 1.54) is 6.07 Å². The van der Waals surface area contributed by atoms with Gasteiger partial charge in [0.2, 0.25) is 5.56 Å². The lowest BCUT2D eigenvalue weighted by Crippen LogP contribution is -2.35. The second kappa shape index (κ2) is 10.3. The molecule has 1 aliphatic rings. The molecule has 1 fully saturated rings. The summed E-state index contributed by atoms with van der Waals surface area (Å²) in [7, 11) is 1.74. The Kier molecular flexibility index (Phi) is 7.23. The minimum Gasteiger partial charge on any atom is -0.387 e. The first kappa shape index (κ1) is 23.2. The van der Waals surface area contributed by atoms with E-state index in [1.54, 1.807) is 42.5 Å². The van der Waals surface area contributed by atoms with Crippen LogP contribution in [0.25, 0.3) is 0 Å². The highest BCUT2D eigenvalue weighted by Crippen LogP contribution is 2.27. The van der Waals surface area contributed by atoms with Gasteiger partial charge < -0.3 is 20.3 Å². The Hall–Kier alpha value is -3.00. The maximum atomic E-state index is 12.7. The number of benzene rings is 1. The smallest absolute Gasteiger partial charge is 0.253 e. The van der Waals surface area contributed by atoms with Crippen molar-refractivity contribution in [2.45, 2.75) is 44.0 Å². The molecular formula is C25H27ClN4O3. The van der Waals surface area contributed by atoms with Gasteiger partial charge in [0, 0.05) is 55.3 Å². The van der Waals surface area contributed by atoms with E-state index in [0.29, 0.717) is 17.3 Å².